The fourth-order valence-corrected chi connectivity index (χ4v) is 2.73. The molecule has 0 spiro atoms. The minimum absolute atomic E-state index is 0.0422. The van der Waals surface area contributed by atoms with Crippen LogP contribution in [0.5, 0.6) is 5.75 Å². The molecule has 2 heterocycles. The van der Waals surface area contributed by atoms with Gasteiger partial charge in [0.15, 0.2) is 5.78 Å². The van der Waals surface area contributed by atoms with Crippen LogP contribution < -0.4 is 4.74 Å². The second-order valence-electron chi connectivity index (χ2n) is 4.94. The van der Waals surface area contributed by atoms with Crippen molar-refractivity contribution in [3.63, 3.8) is 0 Å². The van der Waals surface area contributed by atoms with Gasteiger partial charge in [0, 0.05) is 11.8 Å². The number of ether oxygens (including phenoxy) is 2. The van der Waals surface area contributed by atoms with Crippen molar-refractivity contribution in [3.05, 3.63) is 24.0 Å². The van der Waals surface area contributed by atoms with E-state index in [4.69, 9.17) is 14.0 Å². The van der Waals surface area contributed by atoms with Crippen molar-refractivity contribution >= 4 is 15.9 Å². The van der Waals surface area contributed by atoms with Gasteiger partial charge < -0.3 is 24.8 Å². The molecule has 23 heavy (non-hydrogen) atoms. The summed E-state index contributed by atoms with van der Waals surface area (Å²) in [7, 11) is -4.87. The Hall–Kier alpha value is -1.63. The summed E-state index contributed by atoms with van der Waals surface area (Å²) in [6.07, 6.45) is -5.09. The molecule has 5 atom stereocenters. The molecule has 0 bridgehead atoms. The molecule has 10 nitrogen and oxygen atoms in total. The van der Waals surface area contributed by atoms with E-state index in [-0.39, 0.29) is 17.1 Å². The minimum atomic E-state index is -4.87. The number of hydrogen-bond donors (Lipinski definition) is 4. The number of aliphatic hydroxyl groups excluding tert-OH is 3. The van der Waals surface area contributed by atoms with Crippen LogP contribution in [-0.2, 0) is 14.9 Å². The van der Waals surface area contributed by atoms with Gasteiger partial charge >= 0.3 is 0 Å². The molecular weight excluding hydrogens is 334 g/mol. The van der Waals surface area contributed by atoms with Gasteiger partial charge in [-0.3, -0.25) is 14.3 Å². The molecular formula is C12H15NO9S. The van der Waals surface area contributed by atoms with Gasteiger partial charge in [-0.2, -0.15) is 8.42 Å². The number of carbonyl (C=O) groups is 1. The van der Waals surface area contributed by atoms with Crippen molar-refractivity contribution in [2.45, 2.75) is 37.0 Å². The van der Waals surface area contributed by atoms with Gasteiger partial charge in [0.2, 0.25) is 11.7 Å². The van der Waals surface area contributed by atoms with Crippen LogP contribution in [0.4, 0.5) is 0 Å². The quantitative estimate of drug-likeness (QED) is 0.364. The zero-order valence-corrected chi connectivity index (χ0v) is 12.6. The highest BCUT2D eigenvalue weighted by molar-refractivity contribution is 7.86. The highest BCUT2D eigenvalue weighted by atomic mass is 32.2. The fourth-order valence-electron chi connectivity index (χ4n) is 1.97. The maximum absolute atomic E-state index is 11.3. The van der Waals surface area contributed by atoms with Crippen molar-refractivity contribution in [2.75, 3.05) is 0 Å². The lowest BCUT2D eigenvalue weighted by Gasteiger charge is -2.38. The van der Waals surface area contributed by atoms with Gasteiger partial charge in [-0.1, -0.05) is 0 Å². The third-order valence-electron chi connectivity index (χ3n) is 3.19. The average Bonchev–Trinajstić information content (AvgIpc) is 2.47. The van der Waals surface area contributed by atoms with Gasteiger partial charge in [-0.15, -0.1) is 0 Å². The molecule has 4 N–H and O–H groups in total. The number of aromatic nitrogens is 1. The van der Waals surface area contributed by atoms with Gasteiger partial charge in [0.05, 0.1) is 6.20 Å². The lowest BCUT2D eigenvalue weighted by atomic mass is 10.1. The summed E-state index contributed by atoms with van der Waals surface area (Å²) in [5.41, 5.74) is -2.01. The van der Waals surface area contributed by atoms with E-state index in [0.717, 1.165) is 0 Å². The van der Waals surface area contributed by atoms with E-state index < -0.39 is 40.2 Å². The van der Waals surface area contributed by atoms with Gasteiger partial charge in [0.25, 0.3) is 10.1 Å². The molecule has 11 heteroatoms. The zero-order chi connectivity index (χ0) is 17.4. The highest BCUT2D eigenvalue weighted by Crippen LogP contribution is 2.26. The van der Waals surface area contributed by atoms with Gasteiger partial charge in [-0.25, -0.2) is 0 Å². The van der Waals surface area contributed by atoms with Crippen molar-refractivity contribution < 1.29 is 42.6 Å². The molecule has 1 aliphatic rings. The fraction of sp³-hybridized carbons (Fsp3) is 0.500. The van der Waals surface area contributed by atoms with E-state index in [1.54, 1.807) is 0 Å². The maximum atomic E-state index is 11.3. The smallest absolute Gasteiger partial charge is 0.295 e. The topological polar surface area (TPSA) is 163 Å². The lowest BCUT2D eigenvalue weighted by Crippen LogP contribution is -2.61. The summed E-state index contributed by atoms with van der Waals surface area (Å²) in [6.45, 7) is 1.29. The summed E-state index contributed by atoms with van der Waals surface area (Å²) < 4.78 is 41.3. The number of rotatable bonds is 4. The van der Waals surface area contributed by atoms with Crippen LogP contribution >= 0.6 is 0 Å². The molecule has 1 aromatic rings. The first-order valence-corrected chi connectivity index (χ1v) is 7.90. The molecule has 1 aromatic heterocycles. The Morgan fingerprint density at radius 2 is 1.87 bits per heavy atom. The van der Waals surface area contributed by atoms with Gasteiger partial charge in [-0.05, 0) is 13.0 Å². The first-order valence-electron chi connectivity index (χ1n) is 6.40. The van der Waals surface area contributed by atoms with Crippen molar-refractivity contribution in [1.29, 1.82) is 0 Å². The molecule has 1 fully saturated rings. The third kappa shape index (κ3) is 3.83. The Morgan fingerprint density at radius 3 is 2.43 bits per heavy atom. The Bertz CT molecular complexity index is 692. The molecule has 128 valence electrons. The Balaban J connectivity index is 2.24. The largest absolute Gasteiger partial charge is 0.460 e. The summed E-state index contributed by atoms with van der Waals surface area (Å²) in [5, 5.41) is 29.0. The van der Waals surface area contributed by atoms with Crippen molar-refractivity contribution in [2.24, 2.45) is 0 Å². The van der Waals surface area contributed by atoms with Gasteiger partial charge in [0.1, 0.15) is 24.1 Å². The Morgan fingerprint density at radius 1 is 1.22 bits per heavy atom. The van der Waals surface area contributed by atoms with Crippen molar-refractivity contribution in [1.82, 2.24) is 4.98 Å². The van der Waals surface area contributed by atoms with Crippen molar-refractivity contribution in [3.8, 4) is 5.75 Å². The Kier molecular flexibility index (Phi) is 4.98. The normalized spacial score (nSPS) is 31.6. The molecule has 0 amide bonds. The number of ketones is 1. The number of Topliss-reactive ketones (excluding diaryl/α,β-unsaturated/α-hetero) is 1. The van der Waals surface area contributed by atoms with Crippen LogP contribution in [0.15, 0.2) is 18.5 Å². The highest BCUT2D eigenvalue weighted by Gasteiger charge is 2.50. The van der Waals surface area contributed by atoms with Crippen LogP contribution in [0.25, 0.3) is 0 Å². The molecule has 0 aliphatic carbocycles. The van der Waals surface area contributed by atoms with E-state index in [1.807, 2.05) is 0 Å². The lowest BCUT2D eigenvalue weighted by molar-refractivity contribution is -0.254. The standard InChI is InChI=1S/C12H15NO9S/c1-5(14)6-2-7(4-13-3-6)21-11-9(16)8(15)10(17)12(22-11)23(18,19)20/h2-4,8-12,15-17H,1H3,(H,18,19,20)/t8-,9-,10+,11-,12?/m1/s1. The van der Waals surface area contributed by atoms with E-state index in [2.05, 4.69) is 4.98 Å². The number of aliphatic hydroxyl groups is 3. The third-order valence-corrected chi connectivity index (χ3v) is 4.17. The van der Waals surface area contributed by atoms with E-state index in [9.17, 15) is 28.5 Å². The average molecular weight is 349 g/mol. The maximum Gasteiger partial charge on any atom is 0.295 e. The molecule has 0 radical (unpaired) electrons. The molecule has 2 rings (SSSR count). The van der Waals surface area contributed by atoms with E-state index in [0.29, 0.717) is 0 Å². The zero-order valence-electron chi connectivity index (χ0n) is 11.8. The second kappa shape index (κ2) is 6.47. The summed E-state index contributed by atoms with van der Waals surface area (Å²) in [4.78, 5) is 15.0. The summed E-state index contributed by atoms with van der Waals surface area (Å²) >= 11 is 0. The minimum Gasteiger partial charge on any atom is -0.460 e. The SMILES string of the molecule is CC(=O)c1cncc(O[C@@H]2OC(S(=O)(=O)O)[C@@H](O)[C@H](O)[C@H]2O)c1. The Labute approximate surface area is 131 Å². The number of carbonyl (C=O) groups excluding carboxylic acids is 1. The molecule has 1 unspecified atom stereocenters. The van der Waals surface area contributed by atoms with Crippen LogP contribution in [0.2, 0.25) is 0 Å². The first kappa shape index (κ1) is 17.7. The van der Waals surface area contributed by atoms with E-state index >= 15 is 0 Å². The van der Waals surface area contributed by atoms with E-state index in [1.165, 1.54) is 25.4 Å². The van der Waals surface area contributed by atoms with Crippen LogP contribution in [0, 0.1) is 0 Å². The van der Waals surface area contributed by atoms with Crippen LogP contribution in [0.1, 0.15) is 17.3 Å². The molecule has 0 saturated carbocycles. The number of nitrogens with zero attached hydrogens (tertiary/aromatic N) is 1. The monoisotopic (exact) mass is 349 g/mol. The molecule has 1 aliphatic heterocycles. The predicted molar refractivity (Wildman–Crippen MR) is 73.1 cm³/mol. The predicted octanol–water partition coefficient (Wildman–Crippen LogP) is -1.68. The molecule has 0 aromatic carbocycles. The van der Waals surface area contributed by atoms with Crippen LogP contribution in [0.3, 0.4) is 0 Å². The summed E-state index contributed by atoms with van der Waals surface area (Å²) in [6, 6.07) is 1.27. The summed E-state index contributed by atoms with van der Waals surface area (Å²) in [5.74, 6) is -0.348. The first-order chi connectivity index (χ1) is 10.6. The second-order valence-corrected chi connectivity index (χ2v) is 6.44. The molecule has 1 saturated heterocycles. The number of pyridine rings is 1. The number of hydrogen-bond acceptors (Lipinski definition) is 9. The van der Waals surface area contributed by atoms with Crippen LogP contribution in [-0.4, -0.2) is 69.1 Å².